The summed E-state index contributed by atoms with van der Waals surface area (Å²) in [5.41, 5.74) is 0. The van der Waals surface area contributed by atoms with Gasteiger partial charge in [-0.25, -0.2) is 0 Å². The van der Waals surface area contributed by atoms with Gasteiger partial charge in [-0.2, -0.15) is 0 Å². The molecule has 0 aliphatic rings. The largest absolute Gasteiger partial charge is 2.00 e. The summed E-state index contributed by atoms with van der Waals surface area (Å²) in [4.78, 5) is 1.20. The Labute approximate surface area is 339 Å². The molecule has 0 atom stereocenters. The number of benzene rings is 7. The van der Waals surface area contributed by atoms with E-state index < -0.39 is 23.1 Å². The van der Waals surface area contributed by atoms with Crippen LogP contribution in [-0.2, 0) is 21.1 Å². The summed E-state index contributed by atoms with van der Waals surface area (Å²) in [5.74, 6) is 0. The van der Waals surface area contributed by atoms with Crippen molar-refractivity contribution in [1.29, 1.82) is 0 Å². The van der Waals surface area contributed by atoms with Crippen LogP contribution in [0.1, 0.15) is 0 Å². The van der Waals surface area contributed by atoms with Gasteiger partial charge in [-0.1, -0.05) is 200 Å². The molecular weight excluding hydrogens is 916 g/mol. The number of thioether (sulfide) groups is 1. The van der Waals surface area contributed by atoms with Gasteiger partial charge < -0.3 is 17.3 Å². The monoisotopic (exact) mass is 955 g/mol. The maximum absolute atomic E-state index is 9.75. The van der Waals surface area contributed by atoms with Gasteiger partial charge in [0.2, 0.25) is 0 Å². The molecule has 7 rings (SSSR count). The summed E-state index contributed by atoms with van der Waals surface area (Å²) >= 11 is 1.59. The van der Waals surface area contributed by atoms with Gasteiger partial charge in [0.25, 0.3) is 0 Å². The van der Waals surface area contributed by atoms with Gasteiger partial charge in [0.1, 0.15) is 0 Å². The maximum atomic E-state index is 9.75. The third kappa shape index (κ3) is 16.7. The first-order valence-corrected chi connectivity index (χ1v) is 20.2. The number of hydrogen-bond donors (Lipinski definition) is 0. The molecule has 7 aromatic carbocycles. The Kier molecular flexibility index (Phi) is 20.3. The smallest absolute Gasteiger partial charge is 0.418 e. The third-order valence-electron chi connectivity index (χ3n) is 7.09. The molecule has 0 nitrogen and oxygen atoms in total. The van der Waals surface area contributed by atoms with Gasteiger partial charge in [-0.15, -0.1) is 11.8 Å². The Morgan fingerprint density at radius 2 is 0.519 bits per heavy atom. The first-order chi connectivity index (χ1) is 25.7. The van der Waals surface area contributed by atoms with Crippen LogP contribution >= 0.6 is 27.6 Å². The molecule has 7 aromatic rings. The van der Waals surface area contributed by atoms with Crippen molar-refractivity contribution in [3.05, 3.63) is 231 Å². The molecule has 0 fully saturated rings. The van der Waals surface area contributed by atoms with E-state index in [1.54, 1.807) is 11.8 Å². The molecule has 0 aliphatic carbocycles. The normalized spacial score (nSPS) is 10.5. The Hall–Kier alpha value is -3.78. The van der Waals surface area contributed by atoms with Crippen LogP contribution in [0.15, 0.2) is 217 Å². The molecule has 0 saturated carbocycles. The van der Waals surface area contributed by atoms with Gasteiger partial charge in [-0.05, 0) is 73.7 Å². The van der Waals surface area contributed by atoms with E-state index in [-0.39, 0.29) is 21.1 Å². The minimum Gasteiger partial charge on any atom is -0.418 e. The molecule has 0 amide bonds. The van der Waals surface area contributed by atoms with Crippen LogP contribution < -0.4 is 31.8 Å². The van der Waals surface area contributed by atoms with Crippen molar-refractivity contribution in [2.45, 2.75) is 4.90 Å². The molecule has 3 radical (unpaired) electrons. The third-order valence-corrected chi connectivity index (χ3v) is 12.8. The quantitative estimate of drug-likeness (QED) is 0.0633. The van der Waals surface area contributed by atoms with Crippen LogP contribution in [0.3, 0.4) is 0 Å². The van der Waals surface area contributed by atoms with Crippen LogP contribution in [0.2, 0.25) is 0 Å². The zero-order valence-electron chi connectivity index (χ0n) is 29.3. The topological polar surface area (TPSA) is 0 Å². The van der Waals surface area contributed by atoms with Crippen LogP contribution in [-0.4, -0.2) is 7.25 Å². The van der Waals surface area contributed by atoms with Crippen molar-refractivity contribution in [2.24, 2.45) is 0 Å². The molecule has 0 aliphatic heterocycles. The summed E-state index contributed by atoms with van der Waals surface area (Å²) < 4.78 is 39.0. The first kappa shape index (κ1) is 44.6. The maximum Gasteiger partial charge on any atom is 2.00 e. The molecule has 0 saturated heterocycles. The van der Waals surface area contributed by atoms with Crippen molar-refractivity contribution in [2.75, 3.05) is 0 Å². The fraction of sp³-hybridized carbons (Fsp3) is 0. The van der Waals surface area contributed by atoms with Gasteiger partial charge in [0.15, 0.2) is 0 Å². The Morgan fingerprint density at radius 1 is 0.352 bits per heavy atom. The van der Waals surface area contributed by atoms with Crippen LogP contribution in [0, 0.1) is 19.1 Å². The molecule has 0 unspecified atom stereocenters. The average molecular weight is 956 g/mol. The molecule has 0 bridgehead atoms. The SMILES string of the molecule is F[B-](F)(F)F.[CH2][C]([CH2])Sc1ccccc1.[Pt+2].c1ccc(P(c2ccccc2)c2ccccc2)cc1.c1ccc(P(c2ccccc2)c2ccccc2)cc1. The molecule has 0 heterocycles. The molecule has 275 valence electrons. The van der Waals surface area contributed by atoms with Crippen molar-refractivity contribution < 1.29 is 38.3 Å². The number of halogens is 4. The predicted molar refractivity (Wildman–Crippen MR) is 227 cm³/mol. The molecule has 0 aromatic heterocycles. The number of rotatable bonds is 8. The Bertz CT molecular complexity index is 1650. The standard InChI is InChI=1S/2C18H15P.C9H9S.BF4.Pt/c2*1-4-10-16(11-5-1)19(17-12-6-2-7-13-17)18-14-8-3-9-15-18;1-8(2)10-9-6-4-3-5-7-9;2-1(3,4)5;/h2*1-15H;3-7H,1-2H2;;/q;;;-1;+2. The first-order valence-electron chi connectivity index (χ1n) is 16.7. The number of hydrogen-bond acceptors (Lipinski definition) is 1. The van der Waals surface area contributed by atoms with Crippen molar-refractivity contribution in [1.82, 2.24) is 0 Å². The van der Waals surface area contributed by atoms with Crippen molar-refractivity contribution in [3.63, 3.8) is 0 Å². The van der Waals surface area contributed by atoms with Gasteiger partial charge in [0, 0.05) is 10.1 Å². The van der Waals surface area contributed by atoms with E-state index in [9.17, 15) is 17.3 Å². The van der Waals surface area contributed by atoms with E-state index in [1.807, 2.05) is 30.3 Å². The molecule has 0 N–H and O–H groups in total. The summed E-state index contributed by atoms with van der Waals surface area (Å²) in [6, 6.07) is 74.7. The second-order valence-corrected chi connectivity index (χ2v) is 16.8. The molecular formula is C45H39BF4P2PtS+. The second kappa shape index (κ2) is 24.6. The summed E-state index contributed by atoms with van der Waals surface area (Å²) in [6.45, 7) is 7.40. The van der Waals surface area contributed by atoms with E-state index in [0.717, 1.165) is 5.25 Å². The van der Waals surface area contributed by atoms with E-state index in [1.165, 1.54) is 36.7 Å². The van der Waals surface area contributed by atoms with E-state index in [2.05, 4.69) is 196 Å². The summed E-state index contributed by atoms with van der Waals surface area (Å²) in [6.07, 6.45) is 0. The fourth-order valence-electron chi connectivity index (χ4n) is 5.01. The van der Waals surface area contributed by atoms with E-state index >= 15 is 0 Å². The van der Waals surface area contributed by atoms with E-state index in [4.69, 9.17) is 0 Å². The van der Waals surface area contributed by atoms with Gasteiger partial charge >= 0.3 is 28.3 Å². The van der Waals surface area contributed by atoms with Crippen LogP contribution in [0.5, 0.6) is 0 Å². The second-order valence-electron chi connectivity index (χ2n) is 11.1. The minimum absolute atomic E-state index is 0. The van der Waals surface area contributed by atoms with Crippen molar-refractivity contribution in [3.8, 4) is 0 Å². The summed E-state index contributed by atoms with van der Waals surface area (Å²) in [5, 5.41) is 9.27. The summed E-state index contributed by atoms with van der Waals surface area (Å²) in [7, 11) is -6.89. The molecule has 54 heavy (non-hydrogen) atoms. The Balaban J connectivity index is 0.000000211. The zero-order chi connectivity index (χ0) is 37.7. The van der Waals surface area contributed by atoms with Gasteiger partial charge in [-0.3, -0.25) is 0 Å². The van der Waals surface area contributed by atoms with Crippen LogP contribution in [0.25, 0.3) is 0 Å². The van der Waals surface area contributed by atoms with E-state index in [0.29, 0.717) is 0 Å². The predicted octanol–water partition coefficient (Wildman–Crippen LogP) is 11.2. The minimum atomic E-state index is -6.00. The zero-order valence-corrected chi connectivity index (χ0v) is 34.2. The fourth-order valence-corrected chi connectivity index (χ4v) is 10.2. The molecule has 9 heteroatoms. The average Bonchev–Trinajstić information content (AvgIpc) is 3.18. The van der Waals surface area contributed by atoms with Gasteiger partial charge in [0.05, 0.1) is 0 Å². The molecule has 0 spiro atoms. The Morgan fingerprint density at radius 3 is 0.685 bits per heavy atom. The van der Waals surface area contributed by atoms with Crippen molar-refractivity contribution >= 4 is 66.7 Å². The van der Waals surface area contributed by atoms with Crippen LogP contribution in [0.4, 0.5) is 17.3 Å².